The van der Waals surface area contributed by atoms with Crippen molar-refractivity contribution in [3.8, 4) is 0 Å². The van der Waals surface area contributed by atoms with Crippen molar-refractivity contribution in [2.75, 3.05) is 0 Å². The Labute approximate surface area is 181 Å². The van der Waals surface area contributed by atoms with E-state index >= 15 is 0 Å². The van der Waals surface area contributed by atoms with Gasteiger partial charge in [-0.1, -0.05) is 79.2 Å². The van der Waals surface area contributed by atoms with Crippen LogP contribution < -0.4 is 0 Å². The zero-order valence-corrected chi connectivity index (χ0v) is 18.8. The largest absolute Gasteiger partial charge is 0.292 e. The van der Waals surface area contributed by atoms with Gasteiger partial charge in [-0.25, -0.2) is 0 Å². The summed E-state index contributed by atoms with van der Waals surface area (Å²) in [7, 11) is 0. The number of hydrogen-bond donors (Lipinski definition) is 0. The van der Waals surface area contributed by atoms with E-state index in [0.717, 1.165) is 6.42 Å². The Balaban J connectivity index is 1.65. The van der Waals surface area contributed by atoms with Gasteiger partial charge in [-0.15, -0.1) is 0 Å². The lowest BCUT2D eigenvalue weighted by Crippen LogP contribution is -2.44. The third-order valence-electron chi connectivity index (χ3n) is 6.31. The normalized spacial score (nSPS) is 21.1. The molecule has 0 bridgehead atoms. The van der Waals surface area contributed by atoms with Crippen LogP contribution in [-0.2, 0) is 4.84 Å². The standard InChI is InChI=1S/C28H35NO/c1-21(26-19-11-15-23-14-8-9-18-27(23)26)29(30-28(2,3)4)25-17-10-16-24(20-25)22-12-6-5-7-13-22/h5-9,11-15,18-19,21,24-25H,10,16-17,20H2,1-4H3/t21-,24?,25?/m1/s1. The highest BCUT2D eigenvalue weighted by Gasteiger charge is 2.34. The number of rotatable bonds is 5. The van der Waals surface area contributed by atoms with Gasteiger partial charge in [0.05, 0.1) is 11.6 Å². The highest BCUT2D eigenvalue weighted by atomic mass is 16.7. The molecule has 2 nitrogen and oxygen atoms in total. The summed E-state index contributed by atoms with van der Waals surface area (Å²) in [5.74, 6) is 0.607. The first-order valence-corrected chi connectivity index (χ1v) is 11.4. The zero-order valence-electron chi connectivity index (χ0n) is 18.8. The molecule has 30 heavy (non-hydrogen) atoms. The summed E-state index contributed by atoms with van der Waals surface area (Å²) in [6.45, 7) is 8.79. The predicted molar refractivity (Wildman–Crippen MR) is 126 cm³/mol. The quantitative estimate of drug-likeness (QED) is 0.407. The van der Waals surface area contributed by atoms with Crippen molar-refractivity contribution < 1.29 is 4.84 Å². The van der Waals surface area contributed by atoms with Crippen molar-refractivity contribution in [3.63, 3.8) is 0 Å². The minimum atomic E-state index is -0.224. The highest BCUT2D eigenvalue weighted by molar-refractivity contribution is 5.86. The van der Waals surface area contributed by atoms with Crippen LogP contribution in [0, 0.1) is 0 Å². The molecule has 3 aromatic rings. The van der Waals surface area contributed by atoms with Crippen molar-refractivity contribution >= 4 is 10.8 Å². The van der Waals surface area contributed by atoms with Crippen LogP contribution in [0.5, 0.6) is 0 Å². The van der Waals surface area contributed by atoms with Gasteiger partial charge in [0.2, 0.25) is 0 Å². The maximum absolute atomic E-state index is 6.66. The number of benzene rings is 3. The first kappa shape index (κ1) is 21.1. The third kappa shape index (κ3) is 4.77. The van der Waals surface area contributed by atoms with E-state index in [0.29, 0.717) is 12.0 Å². The second kappa shape index (κ2) is 8.91. The Bertz CT molecular complexity index is 954. The van der Waals surface area contributed by atoms with Gasteiger partial charge in [-0.3, -0.25) is 4.84 Å². The summed E-state index contributed by atoms with van der Waals surface area (Å²) in [5.41, 5.74) is 2.59. The summed E-state index contributed by atoms with van der Waals surface area (Å²) in [5, 5.41) is 4.95. The first-order valence-electron chi connectivity index (χ1n) is 11.4. The lowest BCUT2D eigenvalue weighted by Gasteiger charge is -2.43. The van der Waals surface area contributed by atoms with Crippen LogP contribution in [0.1, 0.15) is 76.5 Å². The first-order chi connectivity index (χ1) is 14.4. The van der Waals surface area contributed by atoms with E-state index in [2.05, 4.69) is 106 Å². The van der Waals surface area contributed by atoms with Crippen LogP contribution >= 0.6 is 0 Å². The van der Waals surface area contributed by atoms with Gasteiger partial charge in [0, 0.05) is 6.04 Å². The molecule has 4 rings (SSSR count). The lowest BCUT2D eigenvalue weighted by molar-refractivity contribution is -0.274. The van der Waals surface area contributed by atoms with Crippen molar-refractivity contribution in [1.82, 2.24) is 5.06 Å². The van der Waals surface area contributed by atoms with E-state index in [-0.39, 0.29) is 11.6 Å². The molecule has 0 N–H and O–H groups in total. The van der Waals surface area contributed by atoms with Gasteiger partial charge in [-0.2, -0.15) is 5.06 Å². The van der Waals surface area contributed by atoms with Gasteiger partial charge >= 0.3 is 0 Å². The van der Waals surface area contributed by atoms with Crippen LogP contribution in [0.25, 0.3) is 10.8 Å². The SMILES string of the molecule is C[C@H](c1cccc2ccccc12)N(OC(C)(C)C)C1CCCC(c2ccccc2)C1. The van der Waals surface area contributed by atoms with E-state index < -0.39 is 0 Å². The van der Waals surface area contributed by atoms with Crippen molar-refractivity contribution in [2.45, 2.75) is 77.0 Å². The van der Waals surface area contributed by atoms with Crippen LogP contribution in [-0.4, -0.2) is 16.7 Å². The molecule has 0 spiro atoms. The number of fused-ring (bicyclic) bond motifs is 1. The van der Waals surface area contributed by atoms with Gasteiger partial charge in [-0.05, 0) is 74.8 Å². The fourth-order valence-electron chi connectivity index (χ4n) is 4.96. The molecule has 2 heteroatoms. The maximum atomic E-state index is 6.66. The Morgan fingerprint density at radius 2 is 1.57 bits per heavy atom. The third-order valence-corrected chi connectivity index (χ3v) is 6.31. The monoisotopic (exact) mass is 401 g/mol. The average molecular weight is 402 g/mol. The van der Waals surface area contributed by atoms with E-state index in [1.54, 1.807) is 0 Å². The second-order valence-corrected chi connectivity index (χ2v) is 9.74. The van der Waals surface area contributed by atoms with E-state index in [1.165, 1.54) is 41.2 Å². The predicted octanol–water partition coefficient (Wildman–Crippen LogP) is 7.66. The van der Waals surface area contributed by atoms with E-state index in [1.807, 2.05) is 0 Å². The maximum Gasteiger partial charge on any atom is 0.0816 e. The molecular formula is C28H35NO. The average Bonchev–Trinajstić information content (AvgIpc) is 2.77. The molecule has 158 valence electrons. The number of nitrogens with zero attached hydrogens (tertiary/aromatic N) is 1. The Kier molecular flexibility index (Phi) is 6.26. The molecular weight excluding hydrogens is 366 g/mol. The molecule has 0 aliphatic heterocycles. The number of hydroxylamine groups is 2. The molecule has 1 aliphatic carbocycles. The van der Waals surface area contributed by atoms with Crippen LogP contribution in [0.3, 0.4) is 0 Å². The topological polar surface area (TPSA) is 12.5 Å². The fraction of sp³-hybridized carbons (Fsp3) is 0.429. The molecule has 1 fully saturated rings. The Morgan fingerprint density at radius 3 is 2.33 bits per heavy atom. The molecule has 0 heterocycles. The molecule has 0 radical (unpaired) electrons. The minimum absolute atomic E-state index is 0.190. The van der Waals surface area contributed by atoms with E-state index in [9.17, 15) is 0 Å². The second-order valence-electron chi connectivity index (χ2n) is 9.74. The highest BCUT2D eigenvalue weighted by Crippen LogP contribution is 2.40. The molecule has 0 amide bonds. The molecule has 0 aromatic heterocycles. The molecule has 0 saturated heterocycles. The summed E-state index contributed by atoms with van der Waals surface area (Å²) in [6, 6.07) is 27.0. The van der Waals surface area contributed by atoms with Gasteiger partial charge in [0.25, 0.3) is 0 Å². The fourth-order valence-corrected chi connectivity index (χ4v) is 4.96. The van der Waals surface area contributed by atoms with Crippen LogP contribution in [0.2, 0.25) is 0 Å². The summed E-state index contributed by atoms with van der Waals surface area (Å²) in [4.78, 5) is 6.66. The summed E-state index contributed by atoms with van der Waals surface area (Å²) < 4.78 is 0. The summed E-state index contributed by atoms with van der Waals surface area (Å²) in [6.07, 6.45) is 4.85. The van der Waals surface area contributed by atoms with Crippen molar-refractivity contribution in [2.24, 2.45) is 0 Å². The molecule has 1 saturated carbocycles. The van der Waals surface area contributed by atoms with Crippen molar-refractivity contribution in [1.29, 1.82) is 0 Å². The van der Waals surface area contributed by atoms with Gasteiger partial charge in [0.15, 0.2) is 0 Å². The minimum Gasteiger partial charge on any atom is -0.292 e. The summed E-state index contributed by atoms with van der Waals surface area (Å²) >= 11 is 0. The molecule has 3 atom stereocenters. The Morgan fingerprint density at radius 1 is 0.867 bits per heavy atom. The molecule has 2 unspecified atom stereocenters. The number of hydrogen-bond acceptors (Lipinski definition) is 2. The van der Waals surface area contributed by atoms with Gasteiger partial charge in [0.1, 0.15) is 0 Å². The Hall–Kier alpha value is -2.16. The van der Waals surface area contributed by atoms with Crippen LogP contribution in [0.15, 0.2) is 72.8 Å². The lowest BCUT2D eigenvalue weighted by atomic mass is 9.80. The van der Waals surface area contributed by atoms with E-state index in [4.69, 9.17) is 4.84 Å². The van der Waals surface area contributed by atoms with Crippen molar-refractivity contribution in [3.05, 3.63) is 83.9 Å². The molecule has 3 aromatic carbocycles. The zero-order chi connectivity index (χ0) is 21.1. The van der Waals surface area contributed by atoms with Gasteiger partial charge < -0.3 is 0 Å². The molecule has 1 aliphatic rings. The van der Waals surface area contributed by atoms with Crippen LogP contribution in [0.4, 0.5) is 0 Å². The smallest absolute Gasteiger partial charge is 0.0816 e.